The number of rotatable bonds is 17. The third-order valence-electron chi connectivity index (χ3n) is 6.55. The Labute approximate surface area is 188 Å². The van der Waals surface area contributed by atoms with Crippen molar-refractivity contribution in [2.24, 2.45) is 11.8 Å². The van der Waals surface area contributed by atoms with Crippen molar-refractivity contribution in [1.29, 1.82) is 0 Å². The highest BCUT2D eigenvalue weighted by Crippen LogP contribution is 2.22. The molecule has 0 amide bonds. The quantitative estimate of drug-likeness (QED) is 0.178. The fourth-order valence-electron chi connectivity index (χ4n) is 4.13. The van der Waals surface area contributed by atoms with E-state index in [2.05, 4.69) is 76.8 Å². The smallest absolute Gasteiger partial charge is 0.0276 e. The molecule has 0 heteroatoms. The third kappa shape index (κ3) is 12.2. The average Bonchev–Trinajstić information content (AvgIpc) is 2.76. The van der Waals surface area contributed by atoms with Gasteiger partial charge in [0.25, 0.3) is 0 Å². The van der Waals surface area contributed by atoms with Crippen LogP contribution in [0.4, 0.5) is 0 Å². The van der Waals surface area contributed by atoms with Gasteiger partial charge in [-0.3, -0.25) is 0 Å². The third-order valence-corrected chi connectivity index (χ3v) is 6.55. The second-order valence-electron chi connectivity index (χ2n) is 9.20. The first-order valence-electron chi connectivity index (χ1n) is 12.6. The van der Waals surface area contributed by atoms with Crippen LogP contribution in [0.1, 0.15) is 103 Å². The second kappa shape index (κ2) is 17.2. The molecule has 0 radical (unpaired) electrons. The van der Waals surface area contributed by atoms with Crippen LogP contribution in [0.3, 0.4) is 0 Å². The van der Waals surface area contributed by atoms with Crippen LogP contribution in [0.2, 0.25) is 0 Å². The van der Waals surface area contributed by atoms with E-state index >= 15 is 0 Å². The topological polar surface area (TPSA) is 0 Å². The standard InChI is InChI=1S/C30H48/c1-6-9-17-26(4)24-25-29(8-3)21-15-14-20-28(7-2)19-11-10-12-22-30-23-16-13-18-27(30)5/h7,13-16,18,20,23,26,29H,2,6,8-12,17,19,21-22,24-25H2,1,3-5H3. The maximum absolute atomic E-state index is 4.02. The van der Waals surface area contributed by atoms with Gasteiger partial charge in [0.05, 0.1) is 0 Å². The van der Waals surface area contributed by atoms with Gasteiger partial charge in [0.1, 0.15) is 0 Å². The van der Waals surface area contributed by atoms with Gasteiger partial charge in [-0.25, -0.2) is 0 Å². The maximum Gasteiger partial charge on any atom is -0.0276 e. The predicted molar refractivity (Wildman–Crippen MR) is 137 cm³/mol. The molecule has 2 atom stereocenters. The Morgan fingerprint density at radius 2 is 1.80 bits per heavy atom. The first kappa shape index (κ1) is 26.5. The van der Waals surface area contributed by atoms with Crippen LogP contribution in [0.5, 0.6) is 0 Å². The summed E-state index contributed by atoms with van der Waals surface area (Å²) >= 11 is 0. The zero-order valence-electron chi connectivity index (χ0n) is 20.5. The molecule has 168 valence electrons. The van der Waals surface area contributed by atoms with Crippen molar-refractivity contribution in [3.05, 3.63) is 71.8 Å². The molecule has 0 nitrogen and oxygen atoms in total. The van der Waals surface area contributed by atoms with Gasteiger partial charge in [-0.2, -0.15) is 0 Å². The van der Waals surface area contributed by atoms with E-state index in [1.54, 1.807) is 0 Å². The summed E-state index contributed by atoms with van der Waals surface area (Å²) in [5, 5.41) is 0. The van der Waals surface area contributed by atoms with Gasteiger partial charge in [0.15, 0.2) is 0 Å². The molecule has 0 saturated heterocycles. The number of unbranched alkanes of at least 4 members (excludes halogenated alkanes) is 3. The SMILES string of the molecule is C=CC(=CC=CCC(CC)CCC(C)CCCC)CCCCCc1ccccc1C. The van der Waals surface area contributed by atoms with Crippen molar-refractivity contribution in [2.45, 2.75) is 105 Å². The summed E-state index contributed by atoms with van der Waals surface area (Å²) in [6, 6.07) is 8.77. The summed E-state index contributed by atoms with van der Waals surface area (Å²) in [5.74, 6) is 1.73. The van der Waals surface area contributed by atoms with Gasteiger partial charge in [-0.1, -0.05) is 114 Å². The van der Waals surface area contributed by atoms with E-state index in [-0.39, 0.29) is 0 Å². The number of hydrogen-bond acceptors (Lipinski definition) is 0. The van der Waals surface area contributed by atoms with E-state index in [0.29, 0.717) is 0 Å². The fourth-order valence-corrected chi connectivity index (χ4v) is 4.13. The van der Waals surface area contributed by atoms with Crippen LogP contribution in [0.25, 0.3) is 0 Å². The molecule has 0 aliphatic carbocycles. The molecule has 0 N–H and O–H groups in total. The largest absolute Gasteiger partial charge is 0.0988 e. The summed E-state index contributed by atoms with van der Waals surface area (Å²) in [7, 11) is 0. The summed E-state index contributed by atoms with van der Waals surface area (Å²) < 4.78 is 0. The fraction of sp³-hybridized carbons (Fsp3) is 0.600. The Hall–Kier alpha value is -1.56. The van der Waals surface area contributed by atoms with Crippen molar-refractivity contribution < 1.29 is 0 Å². The minimum Gasteiger partial charge on any atom is -0.0988 e. The van der Waals surface area contributed by atoms with Crippen LogP contribution in [-0.2, 0) is 6.42 Å². The number of benzene rings is 1. The highest BCUT2D eigenvalue weighted by molar-refractivity contribution is 5.25. The van der Waals surface area contributed by atoms with Gasteiger partial charge in [0.2, 0.25) is 0 Å². The Balaban J connectivity index is 2.26. The zero-order chi connectivity index (χ0) is 22.0. The lowest BCUT2D eigenvalue weighted by Gasteiger charge is -2.16. The molecular weight excluding hydrogens is 360 g/mol. The molecule has 30 heavy (non-hydrogen) atoms. The van der Waals surface area contributed by atoms with E-state index < -0.39 is 0 Å². The van der Waals surface area contributed by atoms with Crippen molar-refractivity contribution in [3.8, 4) is 0 Å². The minimum absolute atomic E-state index is 0.840. The van der Waals surface area contributed by atoms with Crippen molar-refractivity contribution in [2.75, 3.05) is 0 Å². The van der Waals surface area contributed by atoms with E-state index in [1.807, 2.05) is 6.08 Å². The van der Waals surface area contributed by atoms with Gasteiger partial charge in [0, 0.05) is 0 Å². The summed E-state index contributed by atoms with van der Waals surface area (Å²) in [4.78, 5) is 0. The molecule has 0 spiro atoms. The molecule has 1 rings (SSSR count). The van der Waals surface area contributed by atoms with E-state index in [1.165, 1.54) is 87.3 Å². The van der Waals surface area contributed by atoms with Crippen molar-refractivity contribution in [3.63, 3.8) is 0 Å². The molecule has 1 aromatic rings. The molecular formula is C30H48. The Bertz CT molecular complexity index is 619. The molecule has 1 aromatic carbocycles. The lowest BCUT2D eigenvalue weighted by Crippen LogP contribution is -2.02. The van der Waals surface area contributed by atoms with Crippen molar-refractivity contribution >= 4 is 0 Å². The molecule has 0 heterocycles. The Morgan fingerprint density at radius 1 is 1.00 bits per heavy atom. The van der Waals surface area contributed by atoms with Crippen LogP contribution in [-0.4, -0.2) is 0 Å². The molecule has 0 bridgehead atoms. The van der Waals surface area contributed by atoms with E-state index in [0.717, 1.165) is 18.3 Å². The van der Waals surface area contributed by atoms with Gasteiger partial charge >= 0.3 is 0 Å². The zero-order valence-corrected chi connectivity index (χ0v) is 20.5. The highest BCUT2D eigenvalue weighted by Gasteiger charge is 2.08. The van der Waals surface area contributed by atoms with E-state index in [4.69, 9.17) is 0 Å². The van der Waals surface area contributed by atoms with Gasteiger partial charge in [-0.15, -0.1) is 0 Å². The average molecular weight is 409 g/mol. The molecule has 2 unspecified atom stereocenters. The van der Waals surface area contributed by atoms with Gasteiger partial charge < -0.3 is 0 Å². The lowest BCUT2D eigenvalue weighted by atomic mass is 9.90. The van der Waals surface area contributed by atoms with E-state index in [9.17, 15) is 0 Å². The predicted octanol–water partition coefficient (Wildman–Crippen LogP) is 9.79. The first-order chi connectivity index (χ1) is 14.6. The van der Waals surface area contributed by atoms with Gasteiger partial charge in [-0.05, 0) is 74.0 Å². The molecule has 0 aliphatic heterocycles. The summed E-state index contributed by atoms with van der Waals surface area (Å²) in [6.45, 7) is 13.3. The summed E-state index contributed by atoms with van der Waals surface area (Å²) in [5.41, 5.74) is 4.31. The van der Waals surface area contributed by atoms with Crippen LogP contribution in [0.15, 0.2) is 60.7 Å². The Kier molecular flexibility index (Phi) is 15.1. The van der Waals surface area contributed by atoms with Crippen LogP contribution >= 0.6 is 0 Å². The van der Waals surface area contributed by atoms with Crippen molar-refractivity contribution in [1.82, 2.24) is 0 Å². The Morgan fingerprint density at radius 3 is 2.50 bits per heavy atom. The maximum atomic E-state index is 4.02. The van der Waals surface area contributed by atoms with Crippen LogP contribution < -0.4 is 0 Å². The minimum atomic E-state index is 0.840. The monoisotopic (exact) mass is 408 g/mol. The normalized spacial score (nSPS) is 14.2. The molecule has 0 fully saturated rings. The number of allylic oxidation sites excluding steroid dienone is 5. The lowest BCUT2D eigenvalue weighted by molar-refractivity contribution is 0.382. The first-order valence-corrected chi connectivity index (χ1v) is 12.6. The number of hydrogen-bond donors (Lipinski definition) is 0. The van der Waals surface area contributed by atoms with Crippen LogP contribution in [0, 0.1) is 18.8 Å². The summed E-state index contributed by atoms with van der Waals surface area (Å²) in [6.07, 6.45) is 24.5. The number of aryl methyl sites for hydroxylation is 2. The molecule has 0 aromatic heterocycles. The molecule has 0 saturated carbocycles. The molecule has 0 aliphatic rings. The highest BCUT2D eigenvalue weighted by atomic mass is 14.1. The second-order valence-corrected chi connectivity index (χ2v) is 9.20.